The van der Waals surface area contributed by atoms with Gasteiger partial charge in [0.2, 0.25) is 0 Å². The Balaban J connectivity index is 2.00. The number of carbonyl (C=O) groups is 1. The second-order valence-corrected chi connectivity index (χ2v) is 6.28. The molecular formula is C19H19F2NO2. The van der Waals surface area contributed by atoms with Crippen molar-refractivity contribution in [1.82, 2.24) is 4.90 Å². The normalized spacial score (nSPS) is 20.5. The van der Waals surface area contributed by atoms with E-state index in [-0.39, 0.29) is 24.4 Å². The monoisotopic (exact) mass is 331 g/mol. The number of halogens is 2. The van der Waals surface area contributed by atoms with Gasteiger partial charge in [-0.3, -0.25) is 4.79 Å². The topological polar surface area (TPSA) is 40.5 Å². The Morgan fingerprint density at radius 2 is 1.96 bits per heavy atom. The molecule has 1 aliphatic heterocycles. The molecule has 0 aromatic heterocycles. The second-order valence-electron chi connectivity index (χ2n) is 6.28. The van der Waals surface area contributed by atoms with Crippen molar-refractivity contribution in [2.75, 3.05) is 6.54 Å². The van der Waals surface area contributed by atoms with Crippen molar-refractivity contribution in [3.8, 4) is 0 Å². The van der Waals surface area contributed by atoms with E-state index in [9.17, 15) is 18.7 Å². The third-order valence-corrected chi connectivity index (χ3v) is 4.69. The molecule has 2 aromatic carbocycles. The fourth-order valence-corrected chi connectivity index (χ4v) is 3.24. The largest absolute Gasteiger partial charge is 0.391 e. The molecule has 0 aliphatic carbocycles. The summed E-state index contributed by atoms with van der Waals surface area (Å²) in [5, 5.41) is 10.0. The summed E-state index contributed by atoms with van der Waals surface area (Å²) in [5.74, 6) is -1.41. The first-order chi connectivity index (χ1) is 11.4. The zero-order valence-corrected chi connectivity index (χ0v) is 13.6. The van der Waals surface area contributed by atoms with Crippen LogP contribution in [0.2, 0.25) is 0 Å². The molecule has 5 heteroatoms. The Morgan fingerprint density at radius 1 is 1.21 bits per heavy atom. The minimum Gasteiger partial charge on any atom is -0.391 e. The van der Waals surface area contributed by atoms with E-state index in [1.54, 1.807) is 12.1 Å². The molecule has 3 rings (SSSR count). The molecule has 2 atom stereocenters. The van der Waals surface area contributed by atoms with Gasteiger partial charge in [0.15, 0.2) is 0 Å². The molecule has 0 spiro atoms. The number of aliphatic hydroxyl groups is 1. The molecular weight excluding hydrogens is 312 g/mol. The highest BCUT2D eigenvalue weighted by Gasteiger charge is 2.37. The molecule has 126 valence electrons. The average Bonchev–Trinajstić information content (AvgIpc) is 2.93. The SMILES string of the molecule is Cc1cccc(C(=O)N2CC(O)CC2c2cc(F)ccc2F)c1C. The van der Waals surface area contributed by atoms with Crippen molar-refractivity contribution >= 4 is 5.91 Å². The van der Waals surface area contributed by atoms with Crippen LogP contribution in [0.3, 0.4) is 0 Å². The molecule has 2 unspecified atom stereocenters. The molecule has 0 saturated carbocycles. The first-order valence-corrected chi connectivity index (χ1v) is 7.88. The molecule has 1 aliphatic rings. The van der Waals surface area contributed by atoms with Crippen molar-refractivity contribution in [3.63, 3.8) is 0 Å². The molecule has 0 radical (unpaired) electrons. The van der Waals surface area contributed by atoms with Gasteiger partial charge in [0.05, 0.1) is 12.1 Å². The maximum atomic E-state index is 14.1. The maximum Gasteiger partial charge on any atom is 0.254 e. The number of β-amino-alcohol motifs (C(OH)–C–C–N with tert-alkyl or cyclic N) is 1. The number of aliphatic hydroxyl groups excluding tert-OH is 1. The van der Waals surface area contributed by atoms with Gasteiger partial charge in [-0.25, -0.2) is 8.78 Å². The quantitative estimate of drug-likeness (QED) is 0.914. The summed E-state index contributed by atoms with van der Waals surface area (Å²) < 4.78 is 27.7. The van der Waals surface area contributed by atoms with Crippen LogP contribution in [0.15, 0.2) is 36.4 Å². The summed E-state index contributed by atoms with van der Waals surface area (Å²) in [6.45, 7) is 3.87. The van der Waals surface area contributed by atoms with E-state index in [1.165, 1.54) is 4.90 Å². The van der Waals surface area contributed by atoms with Crippen LogP contribution in [0, 0.1) is 25.5 Å². The molecule has 3 nitrogen and oxygen atoms in total. The van der Waals surface area contributed by atoms with E-state index in [4.69, 9.17) is 0 Å². The lowest BCUT2D eigenvalue weighted by Gasteiger charge is -2.26. The van der Waals surface area contributed by atoms with Gasteiger partial charge in [-0.15, -0.1) is 0 Å². The number of hydrogen-bond acceptors (Lipinski definition) is 2. The van der Waals surface area contributed by atoms with Crippen molar-refractivity contribution in [2.45, 2.75) is 32.4 Å². The average molecular weight is 331 g/mol. The summed E-state index contributed by atoms with van der Waals surface area (Å²) in [6.07, 6.45) is -0.566. The highest BCUT2D eigenvalue weighted by molar-refractivity contribution is 5.96. The Morgan fingerprint density at radius 3 is 2.71 bits per heavy atom. The van der Waals surface area contributed by atoms with E-state index in [1.807, 2.05) is 19.9 Å². The smallest absolute Gasteiger partial charge is 0.254 e. The number of amides is 1. The molecule has 2 aromatic rings. The van der Waals surface area contributed by atoms with Gasteiger partial charge >= 0.3 is 0 Å². The van der Waals surface area contributed by atoms with Crippen LogP contribution in [-0.4, -0.2) is 28.6 Å². The Labute approximate surface area is 139 Å². The third-order valence-electron chi connectivity index (χ3n) is 4.69. The van der Waals surface area contributed by atoms with Gasteiger partial charge in [0.1, 0.15) is 11.6 Å². The lowest BCUT2D eigenvalue weighted by molar-refractivity contribution is 0.0713. The summed E-state index contributed by atoms with van der Waals surface area (Å²) in [7, 11) is 0. The highest BCUT2D eigenvalue weighted by Crippen LogP contribution is 2.35. The number of hydrogen-bond donors (Lipinski definition) is 1. The van der Waals surface area contributed by atoms with Gasteiger partial charge in [-0.2, -0.15) is 0 Å². The van der Waals surface area contributed by atoms with Gasteiger partial charge in [-0.1, -0.05) is 12.1 Å². The summed E-state index contributed by atoms with van der Waals surface area (Å²) >= 11 is 0. The number of rotatable bonds is 2. The Hall–Kier alpha value is -2.27. The van der Waals surface area contributed by atoms with E-state index in [0.717, 1.165) is 29.3 Å². The molecule has 1 saturated heterocycles. The van der Waals surface area contributed by atoms with Gasteiger partial charge in [0.25, 0.3) is 5.91 Å². The molecule has 1 heterocycles. The van der Waals surface area contributed by atoms with Gasteiger partial charge in [0, 0.05) is 17.7 Å². The first kappa shape index (κ1) is 16.6. The number of aryl methyl sites for hydroxylation is 1. The van der Waals surface area contributed by atoms with Crippen LogP contribution in [0.5, 0.6) is 0 Å². The summed E-state index contributed by atoms with van der Waals surface area (Å²) in [6, 6.07) is 7.93. The number of nitrogens with zero attached hydrogens (tertiary/aromatic N) is 1. The van der Waals surface area contributed by atoms with Crippen LogP contribution >= 0.6 is 0 Å². The summed E-state index contributed by atoms with van der Waals surface area (Å²) in [4.78, 5) is 14.4. The number of likely N-dealkylation sites (tertiary alicyclic amines) is 1. The Bertz CT molecular complexity index is 791. The van der Waals surface area contributed by atoms with Crippen LogP contribution in [0.1, 0.15) is 39.5 Å². The molecule has 1 amide bonds. The number of benzene rings is 2. The van der Waals surface area contributed by atoms with E-state index < -0.39 is 23.8 Å². The minimum atomic E-state index is -0.758. The van der Waals surface area contributed by atoms with Crippen LogP contribution in [0.25, 0.3) is 0 Å². The molecule has 0 bridgehead atoms. The highest BCUT2D eigenvalue weighted by atomic mass is 19.1. The van der Waals surface area contributed by atoms with Crippen molar-refractivity contribution in [1.29, 1.82) is 0 Å². The number of carbonyl (C=O) groups excluding carboxylic acids is 1. The minimum absolute atomic E-state index is 0.102. The molecule has 1 N–H and O–H groups in total. The zero-order chi connectivity index (χ0) is 17.4. The van der Waals surface area contributed by atoms with Gasteiger partial charge < -0.3 is 10.0 Å². The summed E-state index contributed by atoms with van der Waals surface area (Å²) in [5.41, 5.74) is 2.45. The lowest BCUT2D eigenvalue weighted by atomic mass is 10.00. The Kier molecular flexibility index (Phi) is 4.37. The predicted molar refractivity (Wildman–Crippen MR) is 86.7 cm³/mol. The lowest BCUT2D eigenvalue weighted by Crippen LogP contribution is -2.32. The van der Waals surface area contributed by atoms with Gasteiger partial charge in [-0.05, 0) is 55.7 Å². The van der Waals surface area contributed by atoms with E-state index in [2.05, 4.69) is 0 Å². The molecule has 1 fully saturated rings. The van der Waals surface area contributed by atoms with Crippen LogP contribution < -0.4 is 0 Å². The first-order valence-electron chi connectivity index (χ1n) is 7.88. The molecule has 24 heavy (non-hydrogen) atoms. The third kappa shape index (κ3) is 2.91. The zero-order valence-electron chi connectivity index (χ0n) is 13.6. The predicted octanol–water partition coefficient (Wildman–Crippen LogP) is 3.53. The second kappa shape index (κ2) is 6.32. The van der Waals surface area contributed by atoms with E-state index >= 15 is 0 Å². The van der Waals surface area contributed by atoms with Crippen LogP contribution in [-0.2, 0) is 0 Å². The van der Waals surface area contributed by atoms with Crippen molar-refractivity contribution < 1.29 is 18.7 Å². The fourth-order valence-electron chi connectivity index (χ4n) is 3.24. The van der Waals surface area contributed by atoms with Crippen molar-refractivity contribution in [3.05, 3.63) is 70.3 Å². The maximum absolute atomic E-state index is 14.1. The van der Waals surface area contributed by atoms with Crippen molar-refractivity contribution in [2.24, 2.45) is 0 Å². The van der Waals surface area contributed by atoms with E-state index in [0.29, 0.717) is 5.56 Å². The fraction of sp³-hybridized carbons (Fsp3) is 0.316. The standard InChI is InChI=1S/C19H19F2NO2/c1-11-4-3-5-15(12(11)2)19(24)22-10-14(23)9-18(22)16-8-13(20)6-7-17(16)21/h3-8,14,18,23H,9-10H2,1-2H3. The van der Waals surface area contributed by atoms with Crippen LogP contribution in [0.4, 0.5) is 8.78 Å².